The standard InChI is InChI=1S/C15H17N3O3/c1-3-11-5-4-8-16-14(11)10-17-13-9-12(21-2)6-7-15(13)18(19)20/h4-9,17H,3,10H2,1-2H3. The molecule has 1 aromatic heterocycles. The van der Waals surface area contributed by atoms with Crippen molar-refractivity contribution in [1.29, 1.82) is 0 Å². The summed E-state index contributed by atoms with van der Waals surface area (Å²) < 4.78 is 5.11. The van der Waals surface area contributed by atoms with Crippen molar-refractivity contribution < 1.29 is 9.66 Å². The molecular weight excluding hydrogens is 270 g/mol. The van der Waals surface area contributed by atoms with E-state index < -0.39 is 4.92 Å². The van der Waals surface area contributed by atoms with Gasteiger partial charge in [0.05, 0.1) is 24.3 Å². The van der Waals surface area contributed by atoms with E-state index in [4.69, 9.17) is 4.74 Å². The normalized spacial score (nSPS) is 10.2. The number of nitrogens with one attached hydrogen (secondary N) is 1. The van der Waals surface area contributed by atoms with Crippen molar-refractivity contribution in [3.05, 3.63) is 57.9 Å². The molecule has 6 nitrogen and oxygen atoms in total. The number of aromatic nitrogens is 1. The number of aryl methyl sites for hydroxylation is 1. The Balaban J connectivity index is 2.24. The lowest BCUT2D eigenvalue weighted by Gasteiger charge is -2.10. The number of methoxy groups -OCH3 is 1. The molecule has 1 heterocycles. The van der Waals surface area contributed by atoms with Crippen LogP contribution in [0, 0.1) is 10.1 Å². The van der Waals surface area contributed by atoms with E-state index in [1.807, 2.05) is 12.1 Å². The van der Waals surface area contributed by atoms with Gasteiger partial charge in [0.15, 0.2) is 0 Å². The summed E-state index contributed by atoms with van der Waals surface area (Å²) >= 11 is 0. The molecule has 0 saturated carbocycles. The van der Waals surface area contributed by atoms with Gasteiger partial charge in [0.1, 0.15) is 11.4 Å². The van der Waals surface area contributed by atoms with Gasteiger partial charge in [0, 0.05) is 18.3 Å². The minimum atomic E-state index is -0.416. The second-order valence-electron chi connectivity index (χ2n) is 4.46. The maximum atomic E-state index is 11.1. The number of hydrogen-bond donors (Lipinski definition) is 1. The molecule has 0 aliphatic carbocycles. The highest BCUT2D eigenvalue weighted by Crippen LogP contribution is 2.29. The quantitative estimate of drug-likeness (QED) is 0.652. The van der Waals surface area contributed by atoms with Gasteiger partial charge < -0.3 is 10.1 Å². The molecule has 0 spiro atoms. The third-order valence-corrected chi connectivity index (χ3v) is 3.21. The highest BCUT2D eigenvalue weighted by Gasteiger charge is 2.14. The molecule has 21 heavy (non-hydrogen) atoms. The van der Waals surface area contributed by atoms with E-state index in [1.165, 1.54) is 13.2 Å². The van der Waals surface area contributed by atoms with Crippen LogP contribution in [0.4, 0.5) is 11.4 Å². The minimum Gasteiger partial charge on any atom is -0.497 e. The molecular formula is C15H17N3O3. The summed E-state index contributed by atoms with van der Waals surface area (Å²) in [6, 6.07) is 8.51. The third-order valence-electron chi connectivity index (χ3n) is 3.21. The molecule has 0 amide bonds. The van der Waals surface area contributed by atoms with Gasteiger partial charge in [0.2, 0.25) is 0 Å². The van der Waals surface area contributed by atoms with Crippen LogP contribution in [0.2, 0.25) is 0 Å². The molecule has 0 saturated heterocycles. The smallest absolute Gasteiger partial charge is 0.292 e. The van der Waals surface area contributed by atoms with Gasteiger partial charge >= 0.3 is 0 Å². The number of nitro benzene ring substituents is 1. The van der Waals surface area contributed by atoms with Gasteiger partial charge in [-0.05, 0) is 24.1 Å². The second-order valence-corrected chi connectivity index (χ2v) is 4.46. The van der Waals surface area contributed by atoms with Crippen LogP contribution >= 0.6 is 0 Å². The van der Waals surface area contributed by atoms with Crippen LogP contribution in [0.25, 0.3) is 0 Å². The molecule has 1 N–H and O–H groups in total. The Labute approximate surface area is 122 Å². The van der Waals surface area contributed by atoms with E-state index in [0.29, 0.717) is 18.0 Å². The lowest BCUT2D eigenvalue weighted by atomic mass is 10.1. The Bertz CT molecular complexity index is 644. The maximum absolute atomic E-state index is 11.1. The van der Waals surface area contributed by atoms with Crippen molar-refractivity contribution in [2.24, 2.45) is 0 Å². The Hall–Kier alpha value is -2.63. The molecule has 0 fully saturated rings. The van der Waals surface area contributed by atoms with Crippen molar-refractivity contribution in [2.45, 2.75) is 19.9 Å². The van der Waals surface area contributed by atoms with Crippen molar-refractivity contribution >= 4 is 11.4 Å². The number of ether oxygens (including phenoxy) is 1. The van der Waals surface area contributed by atoms with Gasteiger partial charge in [-0.15, -0.1) is 0 Å². The fourth-order valence-corrected chi connectivity index (χ4v) is 2.07. The average molecular weight is 287 g/mol. The molecule has 2 aromatic rings. The fraction of sp³-hybridized carbons (Fsp3) is 0.267. The largest absolute Gasteiger partial charge is 0.497 e. The monoisotopic (exact) mass is 287 g/mol. The zero-order valence-corrected chi connectivity index (χ0v) is 12.0. The van der Waals surface area contributed by atoms with Gasteiger partial charge in [-0.1, -0.05) is 13.0 Å². The van der Waals surface area contributed by atoms with Gasteiger partial charge in [-0.3, -0.25) is 15.1 Å². The Morgan fingerprint density at radius 3 is 2.86 bits per heavy atom. The minimum absolute atomic E-state index is 0.0183. The molecule has 0 atom stereocenters. The Kier molecular flexibility index (Phi) is 4.71. The van der Waals surface area contributed by atoms with Crippen molar-refractivity contribution in [3.8, 4) is 5.75 Å². The number of pyridine rings is 1. The van der Waals surface area contributed by atoms with Crippen LogP contribution in [-0.2, 0) is 13.0 Å². The second kappa shape index (κ2) is 6.69. The number of anilines is 1. The number of rotatable bonds is 6. The maximum Gasteiger partial charge on any atom is 0.292 e. The lowest BCUT2D eigenvalue weighted by Crippen LogP contribution is -2.06. The van der Waals surface area contributed by atoms with E-state index in [-0.39, 0.29) is 5.69 Å². The number of nitro groups is 1. The summed E-state index contributed by atoms with van der Waals surface area (Å²) in [7, 11) is 1.53. The SMILES string of the molecule is CCc1cccnc1CNc1cc(OC)ccc1[N+](=O)[O-]. The number of hydrogen-bond acceptors (Lipinski definition) is 5. The first-order chi connectivity index (χ1) is 10.2. The van der Waals surface area contributed by atoms with Gasteiger partial charge in [-0.2, -0.15) is 0 Å². The number of benzene rings is 1. The molecule has 110 valence electrons. The highest BCUT2D eigenvalue weighted by atomic mass is 16.6. The summed E-state index contributed by atoms with van der Waals surface area (Å²) in [5, 5.41) is 14.1. The molecule has 0 unspecified atom stereocenters. The Morgan fingerprint density at radius 1 is 1.38 bits per heavy atom. The van der Waals surface area contributed by atoms with E-state index in [2.05, 4.69) is 17.2 Å². The van der Waals surface area contributed by atoms with Crippen LogP contribution in [0.15, 0.2) is 36.5 Å². The van der Waals surface area contributed by atoms with Crippen LogP contribution < -0.4 is 10.1 Å². The van der Waals surface area contributed by atoms with Gasteiger partial charge in [-0.25, -0.2) is 0 Å². The van der Waals surface area contributed by atoms with Crippen molar-refractivity contribution in [2.75, 3.05) is 12.4 Å². The summed E-state index contributed by atoms with van der Waals surface area (Å²) in [6.07, 6.45) is 2.58. The summed E-state index contributed by atoms with van der Waals surface area (Å²) in [5.74, 6) is 0.569. The average Bonchev–Trinajstić information content (AvgIpc) is 2.52. The van der Waals surface area contributed by atoms with E-state index in [1.54, 1.807) is 18.3 Å². The van der Waals surface area contributed by atoms with Crippen molar-refractivity contribution in [1.82, 2.24) is 4.98 Å². The summed E-state index contributed by atoms with van der Waals surface area (Å²) in [6.45, 7) is 2.48. The summed E-state index contributed by atoms with van der Waals surface area (Å²) in [4.78, 5) is 15.0. The summed E-state index contributed by atoms with van der Waals surface area (Å²) in [5.41, 5.74) is 2.45. The zero-order chi connectivity index (χ0) is 15.2. The lowest BCUT2D eigenvalue weighted by molar-refractivity contribution is -0.384. The fourth-order valence-electron chi connectivity index (χ4n) is 2.07. The van der Waals surface area contributed by atoms with Crippen LogP contribution in [0.1, 0.15) is 18.2 Å². The molecule has 0 radical (unpaired) electrons. The predicted octanol–water partition coefficient (Wildman–Crippen LogP) is 3.17. The Morgan fingerprint density at radius 2 is 2.19 bits per heavy atom. The first-order valence-corrected chi connectivity index (χ1v) is 6.64. The van der Waals surface area contributed by atoms with Crippen molar-refractivity contribution in [3.63, 3.8) is 0 Å². The first kappa shape index (κ1) is 14.8. The van der Waals surface area contributed by atoms with Crippen LogP contribution in [-0.4, -0.2) is 17.0 Å². The number of nitrogens with zero attached hydrogens (tertiary/aromatic N) is 2. The molecule has 0 aliphatic heterocycles. The van der Waals surface area contributed by atoms with E-state index in [9.17, 15) is 10.1 Å². The molecule has 2 rings (SSSR count). The van der Waals surface area contributed by atoms with Crippen LogP contribution in [0.5, 0.6) is 5.75 Å². The van der Waals surface area contributed by atoms with Crippen LogP contribution in [0.3, 0.4) is 0 Å². The molecule has 6 heteroatoms. The van der Waals surface area contributed by atoms with E-state index >= 15 is 0 Å². The molecule has 0 bridgehead atoms. The molecule has 1 aromatic carbocycles. The predicted molar refractivity (Wildman–Crippen MR) is 80.6 cm³/mol. The first-order valence-electron chi connectivity index (χ1n) is 6.64. The van der Waals surface area contributed by atoms with E-state index in [0.717, 1.165) is 17.7 Å². The molecule has 0 aliphatic rings. The third kappa shape index (κ3) is 3.47. The van der Waals surface area contributed by atoms with Gasteiger partial charge in [0.25, 0.3) is 5.69 Å². The topological polar surface area (TPSA) is 77.3 Å². The highest BCUT2D eigenvalue weighted by molar-refractivity contribution is 5.64. The zero-order valence-electron chi connectivity index (χ0n) is 12.0.